The number of carbonyl (C=O) groups is 2. The number of nitrogens with one attached hydrogen (secondary N) is 1. The second kappa shape index (κ2) is 10.1. The van der Waals surface area contributed by atoms with Gasteiger partial charge in [-0.25, -0.2) is 0 Å². The van der Waals surface area contributed by atoms with Gasteiger partial charge in [-0.1, -0.05) is 36.8 Å². The predicted molar refractivity (Wildman–Crippen MR) is 91.7 cm³/mol. The van der Waals surface area contributed by atoms with Gasteiger partial charge in [-0.05, 0) is 37.7 Å². The first-order valence-electron chi connectivity index (χ1n) is 8.79. The van der Waals surface area contributed by atoms with Crippen molar-refractivity contribution < 1.29 is 19.4 Å². The standard InChI is InChI=1S/C19H27NO4/c21-18(16-8-4-9-17(14-16)19(22)23)20-11-5-12-24-13-10-15-6-2-1-3-7-15/h1-3,6-7,16-17H,4-5,8-14H2,(H,20,21)(H,22,23). The average Bonchev–Trinajstić information content (AvgIpc) is 2.61. The van der Waals surface area contributed by atoms with E-state index in [-0.39, 0.29) is 17.7 Å². The number of benzene rings is 1. The van der Waals surface area contributed by atoms with Crippen molar-refractivity contribution in [3.63, 3.8) is 0 Å². The molecule has 0 spiro atoms. The van der Waals surface area contributed by atoms with E-state index in [1.807, 2.05) is 18.2 Å². The van der Waals surface area contributed by atoms with Gasteiger partial charge in [-0.15, -0.1) is 0 Å². The summed E-state index contributed by atoms with van der Waals surface area (Å²) < 4.78 is 5.58. The van der Waals surface area contributed by atoms with Crippen LogP contribution in [0.25, 0.3) is 0 Å². The monoisotopic (exact) mass is 333 g/mol. The lowest BCUT2D eigenvalue weighted by Crippen LogP contribution is -2.36. The topological polar surface area (TPSA) is 75.6 Å². The molecule has 24 heavy (non-hydrogen) atoms. The predicted octanol–water partition coefficient (Wildman–Crippen LogP) is 2.64. The number of aliphatic carboxylic acids is 1. The Morgan fingerprint density at radius 3 is 2.62 bits per heavy atom. The van der Waals surface area contributed by atoms with Crippen LogP contribution >= 0.6 is 0 Å². The molecule has 2 N–H and O–H groups in total. The van der Waals surface area contributed by atoms with E-state index < -0.39 is 5.97 Å². The number of hydrogen-bond acceptors (Lipinski definition) is 3. The lowest BCUT2D eigenvalue weighted by atomic mass is 9.81. The van der Waals surface area contributed by atoms with E-state index in [2.05, 4.69) is 17.4 Å². The molecule has 132 valence electrons. The first-order valence-corrected chi connectivity index (χ1v) is 8.79. The van der Waals surface area contributed by atoms with E-state index in [1.54, 1.807) is 0 Å². The van der Waals surface area contributed by atoms with E-state index in [0.717, 1.165) is 25.7 Å². The summed E-state index contributed by atoms with van der Waals surface area (Å²) in [7, 11) is 0. The molecule has 2 unspecified atom stereocenters. The summed E-state index contributed by atoms with van der Waals surface area (Å²) in [4.78, 5) is 23.1. The van der Waals surface area contributed by atoms with Gasteiger partial charge < -0.3 is 15.2 Å². The van der Waals surface area contributed by atoms with Gasteiger partial charge in [-0.2, -0.15) is 0 Å². The fourth-order valence-electron chi connectivity index (χ4n) is 3.12. The second-order valence-corrected chi connectivity index (χ2v) is 6.39. The summed E-state index contributed by atoms with van der Waals surface area (Å²) >= 11 is 0. The molecular formula is C19H27NO4. The van der Waals surface area contributed by atoms with Crippen molar-refractivity contribution in [3.05, 3.63) is 35.9 Å². The minimum Gasteiger partial charge on any atom is -0.481 e. The number of hydrogen-bond donors (Lipinski definition) is 2. The molecule has 1 saturated carbocycles. The molecule has 0 heterocycles. The molecule has 1 aromatic carbocycles. The van der Waals surface area contributed by atoms with E-state index in [9.17, 15) is 9.59 Å². The van der Waals surface area contributed by atoms with E-state index in [1.165, 1.54) is 5.56 Å². The Morgan fingerprint density at radius 1 is 1.12 bits per heavy atom. The van der Waals surface area contributed by atoms with Crippen molar-refractivity contribution in [3.8, 4) is 0 Å². The second-order valence-electron chi connectivity index (χ2n) is 6.39. The Balaban J connectivity index is 1.52. The molecule has 5 heteroatoms. The molecule has 2 atom stereocenters. The van der Waals surface area contributed by atoms with E-state index in [4.69, 9.17) is 9.84 Å². The highest BCUT2D eigenvalue weighted by atomic mass is 16.5. The zero-order valence-corrected chi connectivity index (χ0v) is 14.1. The molecule has 2 rings (SSSR count). The molecule has 1 aliphatic rings. The number of carboxylic acids is 1. The van der Waals surface area contributed by atoms with Crippen LogP contribution in [0.3, 0.4) is 0 Å². The smallest absolute Gasteiger partial charge is 0.306 e. The molecule has 5 nitrogen and oxygen atoms in total. The van der Waals surface area contributed by atoms with Crippen LogP contribution in [0.5, 0.6) is 0 Å². The number of carboxylic acid groups (broad SMARTS) is 1. The van der Waals surface area contributed by atoms with Gasteiger partial charge in [0.1, 0.15) is 0 Å². The van der Waals surface area contributed by atoms with Gasteiger partial charge in [0.2, 0.25) is 5.91 Å². The Morgan fingerprint density at radius 2 is 1.88 bits per heavy atom. The van der Waals surface area contributed by atoms with Crippen molar-refractivity contribution in [1.82, 2.24) is 5.32 Å². The van der Waals surface area contributed by atoms with Crippen LogP contribution in [0.15, 0.2) is 30.3 Å². The van der Waals surface area contributed by atoms with Crippen molar-refractivity contribution in [2.24, 2.45) is 11.8 Å². The third-order valence-corrected chi connectivity index (χ3v) is 4.54. The molecule has 1 aromatic rings. The molecule has 1 aliphatic carbocycles. The third kappa shape index (κ3) is 6.32. The first-order chi connectivity index (χ1) is 11.7. The SMILES string of the molecule is O=C(O)C1CCCC(C(=O)NCCCOCCc2ccccc2)C1. The van der Waals surface area contributed by atoms with Crippen LogP contribution in [-0.4, -0.2) is 36.7 Å². The fraction of sp³-hybridized carbons (Fsp3) is 0.579. The lowest BCUT2D eigenvalue weighted by Gasteiger charge is -2.25. The molecule has 0 radical (unpaired) electrons. The number of carbonyl (C=O) groups excluding carboxylic acids is 1. The zero-order chi connectivity index (χ0) is 17.2. The van der Waals surface area contributed by atoms with Crippen LogP contribution in [0, 0.1) is 11.8 Å². The van der Waals surface area contributed by atoms with Crippen molar-refractivity contribution in [2.45, 2.75) is 38.5 Å². The zero-order valence-electron chi connectivity index (χ0n) is 14.1. The maximum Gasteiger partial charge on any atom is 0.306 e. The summed E-state index contributed by atoms with van der Waals surface area (Å²) in [5.41, 5.74) is 1.26. The molecule has 0 aliphatic heterocycles. The van der Waals surface area contributed by atoms with Crippen LogP contribution in [0.1, 0.15) is 37.7 Å². The highest BCUT2D eigenvalue weighted by Crippen LogP contribution is 2.29. The van der Waals surface area contributed by atoms with Crippen LogP contribution < -0.4 is 5.32 Å². The van der Waals surface area contributed by atoms with Crippen molar-refractivity contribution in [2.75, 3.05) is 19.8 Å². The largest absolute Gasteiger partial charge is 0.481 e. The molecule has 1 amide bonds. The van der Waals surface area contributed by atoms with Gasteiger partial charge >= 0.3 is 5.97 Å². The average molecular weight is 333 g/mol. The van der Waals surface area contributed by atoms with Gasteiger partial charge in [0.25, 0.3) is 0 Å². The maximum absolute atomic E-state index is 12.1. The highest BCUT2D eigenvalue weighted by molar-refractivity contribution is 5.80. The Labute approximate surface area is 143 Å². The summed E-state index contributed by atoms with van der Waals surface area (Å²) in [6.07, 6.45) is 4.44. The molecule has 0 bridgehead atoms. The molecule has 1 fully saturated rings. The Hall–Kier alpha value is -1.88. The minimum absolute atomic E-state index is 0.00904. The molecule has 0 saturated heterocycles. The highest BCUT2D eigenvalue weighted by Gasteiger charge is 2.30. The van der Waals surface area contributed by atoms with E-state index >= 15 is 0 Å². The van der Waals surface area contributed by atoms with Crippen molar-refractivity contribution >= 4 is 11.9 Å². The summed E-state index contributed by atoms with van der Waals surface area (Å²) in [6.45, 7) is 1.88. The third-order valence-electron chi connectivity index (χ3n) is 4.54. The fourth-order valence-corrected chi connectivity index (χ4v) is 3.12. The number of ether oxygens (including phenoxy) is 1. The van der Waals surface area contributed by atoms with Gasteiger partial charge in [0.05, 0.1) is 12.5 Å². The van der Waals surface area contributed by atoms with Crippen LogP contribution in [0.2, 0.25) is 0 Å². The van der Waals surface area contributed by atoms with Gasteiger partial charge in [0.15, 0.2) is 0 Å². The maximum atomic E-state index is 12.1. The summed E-state index contributed by atoms with van der Waals surface area (Å²) in [6, 6.07) is 10.2. The van der Waals surface area contributed by atoms with Crippen LogP contribution in [-0.2, 0) is 20.7 Å². The Kier molecular flexibility index (Phi) is 7.75. The summed E-state index contributed by atoms with van der Waals surface area (Å²) in [5.74, 6) is -1.31. The number of amides is 1. The lowest BCUT2D eigenvalue weighted by molar-refractivity contribution is -0.144. The quantitative estimate of drug-likeness (QED) is 0.681. The van der Waals surface area contributed by atoms with Gasteiger partial charge in [-0.3, -0.25) is 9.59 Å². The first kappa shape index (κ1) is 18.5. The minimum atomic E-state index is -0.778. The summed E-state index contributed by atoms with van der Waals surface area (Å²) in [5, 5.41) is 12.0. The number of rotatable bonds is 9. The normalized spacial score (nSPS) is 20.5. The van der Waals surface area contributed by atoms with Gasteiger partial charge in [0, 0.05) is 19.1 Å². The molecular weight excluding hydrogens is 306 g/mol. The Bertz CT molecular complexity index is 517. The molecule has 0 aromatic heterocycles. The van der Waals surface area contributed by atoms with Crippen LogP contribution in [0.4, 0.5) is 0 Å². The van der Waals surface area contributed by atoms with Crippen molar-refractivity contribution in [1.29, 1.82) is 0 Å². The van der Waals surface area contributed by atoms with E-state index in [0.29, 0.717) is 32.6 Å².